The van der Waals surface area contributed by atoms with Gasteiger partial charge in [-0.25, -0.2) is 4.98 Å². The van der Waals surface area contributed by atoms with Crippen LogP contribution in [0, 0.1) is 0 Å². The molecule has 0 aliphatic carbocycles. The van der Waals surface area contributed by atoms with Gasteiger partial charge >= 0.3 is 5.97 Å². The average molecular weight is 264 g/mol. The second-order valence-corrected chi connectivity index (χ2v) is 4.31. The molecule has 7 nitrogen and oxygen atoms in total. The summed E-state index contributed by atoms with van der Waals surface area (Å²) < 4.78 is 7.03. The molecule has 0 aliphatic heterocycles. The molecule has 0 amide bonds. The van der Waals surface area contributed by atoms with Crippen LogP contribution in [0.25, 0.3) is 11.0 Å². The van der Waals surface area contributed by atoms with Crippen molar-refractivity contribution in [2.75, 3.05) is 7.11 Å². The number of aromatic nitrogens is 3. The number of hydrogen-bond acceptors (Lipinski definition) is 5. The van der Waals surface area contributed by atoms with E-state index in [1.54, 1.807) is 7.11 Å². The topological polar surface area (TPSA) is 103 Å². The monoisotopic (exact) mass is 264 g/mol. The van der Waals surface area contributed by atoms with E-state index in [1.807, 2.05) is 17.8 Å². The van der Waals surface area contributed by atoms with E-state index in [0.29, 0.717) is 17.8 Å². The Morgan fingerprint density at radius 3 is 2.95 bits per heavy atom. The third-order valence-electron chi connectivity index (χ3n) is 3.01. The molecule has 2 aromatic heterocycles. The van der Waals surface area contributed by atoms with E-state index in [4.69, 9.17) is 15.6 Å². The second-order valence-electron chi connectivity index (χ2n) is 4.31. The molecule has 0 aromatic carbocycles. The van der Waals surface area contributed by atoms with Crippen LogP contribution in [-0.2, 0) is 11.8 Å². The largest absolute Gasteiger partial charge is 0.481 e. The van der Waals surface area contributed by atoms with Gasteiger partial charge in [0.2, 0.25) is 5.88 Å². The fourth-order valence-electron chi connectivity index (χ4n) is 2.08. The van der Waals surface area contributed by atoms with Gasteiger partial charge in [0.05, 0.1) is 7.11 Å². The zero-order chi connectivity index (χ0) is 14.0. The lowest BCUT2D eigenvalue weighted by Crippen LogP contribution is -2.12. The zero-order valence-corrected chi connectivity index (χ0v) is 10.8. The van der Waals surface area contributed by atoms with E-state index in [1.165, 1.54) is 6.33 Å². The number of nitrogens with zero attached hydrogens (tertiary/aromatic N) is 3. The van der Waals surface area contributed by atoms with Crippen molar-refractivity contribution in [1.82, 2.24) is 14.5 Å². The summed E-state index contributed by atoms with van der Waals surface area (Å²) in [6, 6.07) is -0.376. The maximum atomic E-state index is 10.6. The molecule has 0 spiro atoms. The van der Waals surface area contributed by atoms with Crippen molar-refractivity contribution in [3.05, 3.63) is 18.1 Å². The highest BCUT2D eigenvalue weighted by atomic mass is 16.5. The fourth-order valence-corrected chi connectivity index (χ4v) is 2.08. The Morgan fingerprint density at radius 2 is 2.32 bits per heavy atom. The average Bonchev–Trinajstić information content (AvgIpc) is 2.73. The Bertz CT molecular complexity index is 608. The summed E-state index contributed by atoms with van der Waals surface area (Å²) in [5, 5.41) is 8.70. The number of rotatable bonds is 5. The number of aliphatic carboxylic acids is 1. The standard InChI is InChI=1S/C12H16N4O3/c1-16-5-7(8(13)3-4-9(17)18)10-11(16)12(19-2)15-6-14-10/h5-6,8H,3-4,13H2,1-2H3,(H,17,18). The number of hydrogen-bond donors (Lipinski definition) is 2. The van der Waals surface area contributed by atoms with Gasteiger partial charge in [-0.2, -0.15) is 4.98 Å². The fraction of sp³-hybridized carbons (Fsp3) is 0.417. The minimum atomic E-state index is -0.858. The van der Waals surface area contributed by atoms with E-state index in [-0.39, 0.29) is 12.5 Å². The van der Waals surface area contributed by atoms with Crippen LogP contribution in [0.1, 0.15) is 24.4 Å². The second kappa shape index (κ2) is 5.23. The summed E-state index contributed by atoms with van der Waals surface area (Å²) in [5.41, 5.74) is 8.30. The quantitative estimate of drug-likeness (QED) is 0.829. The molecule has 102 valence electrons. The lowest BCUT2D eigenvalue weighted by molar-refractivity contribution is -0.137. The molecular formula is C12H16N4O3. The van der Waals surface area contributed by atoms with Gasteiger partial charge in [-0.15, -0.1) is 0 Å². The molecule has 2 rings (SSSR count). The van der Waals surface area contributed by atoms with E-state index in [2.05, 4.69) is 9.97 Å². The highest BCUT2D eigenvalue weighted by Gasteiger charge is 2.18. The minimum Gasteiger partial charge on any atom is -0.481 e. The van der Waals surface area contributed by atoms with E-state index in [9.17, 15) is 4.79 Å². The van der Waals surface area contributed by atoms with E-state index < -0.39 is 5.97 Å². The summed E-state index contributed by atoms with van der Waals surface area (Å²) in [4.78, 5) is 18.9. The van der Waals surface area contributed by atoms with Crippen molar-refractivity contribution in [2.24, 2.45) is 12.8 Å². The van der Waals surface area contributed by atoms with Crippen LogP contribution in [0.4, 0.5) is 0 Å². The maximum absolute atomic E-state index is 10.6. The number of nitrogens with two attached hydrogens (primary N) is 1. The molecule has 0 saturated heterocycles. The van der Waals surface area contributed by atoms with Gasteiger partial charge in [0.15, 0.2) is 0 Å². The van der Waals surface area contributed by atoms with Crippen LogP contribution in [0.2, 0.25) is 0 Å². The van der Waals surface area contributed by atoms with Gasteiger partial charge < -0.3 is 20.1 Å². The molecule has 0 saturated carbocycles. The molecule has 0 fully saturated rings. The lowest BCUT2D eigenvalue weighted by Gasteiger charge is -2.08. The predicted molar refractivity (Wildman–Crippen MR) is 68.9 cm³/mol. The van der Waals surface area contributed by atoms with Crippen LogP contribution in [-0.4, -0.2) is 32.7 Å². The van der Waals surface area contributed by atoms with Gasteiger partial charge in [0, 0.05) is 31.3 Å². The molecule has 1 unspecified atom stereocenters. The van der Waals surface area contributed by atoms with Crippen LogP contribution in [0.5, 0.6) is 5.88 Å². The smallest absolute Gasteiger partial charge is 0.303 e. The highest BCUT2D eigenvalue weighted by molar-refractivity contribution is 5.84. The molecule has 2 aromatic rings. The van der Waals surface area contributed by atoms with Crippen LogP contribution in [0.15, 0.2) is 12.5 Å². The molecule has 3 N–H and O–H groups in total. The molecule has 7 heteroatoms. The number of carboxylic acids is 1. The first-order valence-electron chi connectivity index (χ1n) is 5.86. The molecule has 2 heterocycles. The Hall–Kier alpha value is -2.15. The number of carbonyl (C=O) groups is 1. The predicted octanol–water partition coefficient (Wildman–Crippen LogP) is 0.841. The minimum absolute atomic E-state index is 0.0276. The van der Waals surface area contributed by atoms with Crippen LogP contribution >= 0.6 is 0 Å². The first kappa shape index (κ1) is 13.3. The van der Waals surface area contributed by atoms with Crippen LogP contribution < -0.4 is 10.5 Å². The molecule has 0 aliphatic rings. The third-order valence-corrected chi connectivity index (χ3v) is 3.01. The third kappa shape index (κ3) is 2.50. The van der Waals surface area contributed by atoms with Gasteiger partial charge in [-0.3, -0.25) is 4.79 Å². The van der Waals surface area contributed by atoms with Crippen molar-refractivity contribution in [2.45, 2.75) is 18.9 Å². The normalized spacial score (nSPS) is 12.6. The Balaban J connectivity index is 2.42. The zero-order valence-electron chi connectivity index (χ0n) is 10.8. The summed E-state index contributed by atoms with van der Waals surface area (Å²) in [5.74, 6) is -0.382. The van der Waals surface area contributed by atoms with Crippen molar-refractivity contribution in [3.63, 3.8) is 0 Å². The van der Waals surface area contributed by atoms with Crippen molar-refractivity contribution in [1.29, 1.82) is 0 Å². The molecule has 1 atom stereocenters. The Morgan fingerprint density at radius 1 is 1.58 bits per heavy atom. The van der Waals surface area contributed by atoms with E-state index >= 15 is 0 Å². The SMILES string of the molecule is COc1ncnc2c(C(N)CCC(=O)O)cn(C)c12. The number of aryl methyl sites for hydroxylation is 1. The summed E-state index contributed by atoms with van der Waals surface area (Å²) in [6.07, 6.45) is 3.64. The number of fused-ring (bicyclic) bond motifs is 1. The van der Waals surface area contributed by atoms with Gasteiger partial charge in [0.25, 0.3) is 0 Å². The summed E-state index contributed by atoms with van der Waals surface area (Å²) in [6.45, 7) is 0. The number of carboxylic acid groups (broad SMARTS) is 1. The molecule has 0 radical (unpaired) electrons. The van der Waals surface area contributed by atoms with Gasteiger partial charge in [-0.1, -0.05) is 0 Å². The van der Waals surface area contributed by atoms with Gasteiger partial charge in [-0.05, 0) is 6.42 Å². The van der Waals surface area contributed by atoms with Crippen LogP contribution in [0.3, 0.4) is 0 Å². The molecule has 19 heavy (non-hydrogen) atoms. The van der Waals surface area contributed by atoms with Crippen molar-refractivity contribution >= 4 is 17.0 Å². The van der Waals surface area contributed by atoms with E-state index in [0.717, 1.165) is 11.1 Å². The Kier molecular flexibility index (Phi) is 3.66. The summed E-state index contributed by atoms with van der Waals surface area (Å²) in [7, 11) is 3.39. The molecule has 0 bridgehead atoms. The highest BCUT2D eigenvalue weighted by Crippen LogP contribution is 2.29. The number of ether oxygens (including phenoxy) is 1. The first-order chi connectivity index (χ1) is 9.04. The van der Waals surface area contributed by atoms with Crippen molar-refractivity contribution in [3.8, 4) is 5.88 Å². The summed E-state index contributed by atoms with van der Waals surface area (Å²) >= 11 is 0. The van der Waals surface area contributed by atoms with Crippen molar-refractivity contribution < 1.29 is 14.6 Å². The molecular weight excluding hydrogens is 248 g/mol. The number of methoxy groups -OCH3 is 1. The maximum Gasteiger partial charge on any atom is 0.303 e. The van der Waals surface area contributed by atoms with Gasteiger partial charge in [0.1, 0.15) is 17.4 Å². The Labute approximate surface area is 110 Å². The first-order valence-corrected chi connectivity index (χ1v) is 5.86. The lowest BCUT2D eigenvalue weighted by atomic mass is 10.1.